The van der Waals surface area contributed by atoms with Gasteiger partial charge in [-0.1, -0.05) is 6.58 Å². The van der Waals surface area contributed by atoms with Gasteiger partial charge in [-0.2, -0.15) is 0 Å². The number of hydrogen-bond donors (Lipinski definition) is 1. The number of aromatic hydroxyl groups is 1. The molecule has 0 saturated carbocycles. The second-order valence-corrected chi connectivity index (χ2v) is 8.74. The minimum absolute atomic E-state index is 0.275. The highest BCUT2D eigenvalue weighted by atomic mass is 127. The molecule has 0 bridgehead atoms. The van der Waals surface area contributed by atoms with Crippen molar-refractivity contribution in [2.45, 2.75) is 0 Å². The molecule has 0 fully saturated rings. The highest BCUT2D eigenvalue weighted by Gasteiger charge is 2.21. The van der Waals surface area contributed by atoms with Crippen LogP contribution in [0, 0.1) is 14.3 Å². The zero-order valence-electron chi connectivity index (χ0n) is 9.81. The summed E-state index contributed by atoms with van der Waals surface area (Å²) in [7, 11) is 0. The maximum Gasteiger partial charge on any atom is 0.151 e. The van der Waals surface area contributed by atoms with Gasteiger partial charge in [-0.05, 0) is 114 Å². The van der Waals surface area contributed by atoms with Crippen LogP contribution in [0.2, 0.25) is 0 Å². The van der Waals surface area contributed by atoms with Crippen molar-refractivity contribution in [1.82, 2.24) is 0 Å². The summed E-state index contributed by atoms with van der Waals surface area (Å²) in [6.07, 6.45) is 2.10. The van der Waals surface area contributed by atoms with Gasteiger partial charge in [0.05, 0.1) is 10.7 Å². The van der Waals surface area contributed by atoms with Crippen LogP contribution in [0.25, 0.3) is 12.7 Å². The van der Waals surface area contributed by atoms with E-state index in [4.69, 9.17) is 4.74 Å². The summed E-state index contributed by atoms with van der Waals surface area (Å²) < 4.78 is 9.76. The molecule has 0 radical (unpaired) electrons. The summed E-state index contributed by atoms with van der Waals surface area (Å²) in [5, 5.41) is 12.1. The lowest BCUT2D eigenvalue weighted by Gasteiger charge is -2.19. The Morgan fingerprint density at radius 1 is 0.950 bits per heavy atom. The van der Waals surface area contributed by atoms with E-state index in [1.807, 2.05) is 6.07 Å². The normalized spacial score (nSPS) is 12.2. The molecule has 1 heterocycles. The van der Waals surface area contributed by atoms with Crippen LogP contribution in [0.4, 0.5) is 0 Å². The lowest BCUT2D eigenvalue weighted by Crippen LogP contribution is -2.21. The second-order valence-electron chi connectivity index (χ2n) is 4.26. The van der Waals surface area contributed by atoms with E-state index in [9.17, 15) is 5.11 Å². The van der Waals surface area contributed by atoms with Gasteiger partial charge in [-0.3, -0.25) is 0 Å². The van der Waals surface area contributed by atoms with Crippen LogP contribution in [0.3, 0.4) is 0 Å². The van der Waals surface area contributed by atoms with Crippen LogP contribution in [0.1, 0.15) is 5.56 Å². The number of ether oxygens (including phenoxy) is 1. The average molecular weight is 714 g/mol. The number of phenols is 1. The Hall–Kier alpha value is 0.700. The standard InChI is InChI=1S/C14H6I4O2/c1-5-8(15)3-6-2-7-4-9(16)12(19)11(18)14(7)20-13(6)10(5)17/h2-4,19H,1H2. The first-order chi connectivity index (χ1) is 9.40. The van der Waals surface area contributed by atoms with E-state index < -0.39 is 0 Å². The predicted octanol–water partition coefficient (Wildman–Crippen LogP) is 4.16. The zero-order chi connectivity index (χ0) is 14.6. The maximum absolute atomic E-state index is 10.1. The number of rotatable bonds is 0. The SMILES string of the molecule is C=c1c(I)cc2c(c1I)Oc1c(cc(I)c(O)c1I)C=2. The smallest absolute Gasteiger partial charge is 0.151 e. The predicted molar refractivity (Wildman–Crippen MR) is 114 cm³/mol. The molecule has 2 aromatic rings. The van der Waals surface area contributed by atoms with Crippen molar-refractivity contribution in [2.75, 3.05) is 0 Å². The first-order valence-electron chi connectivity index (χ1n) is 5.47. The van der Waals surface area contributed by atoms with Gasteiger partial charge in [0.1, 0.15) is 11.5 Å². The maximum atomic E-state index is 10.1. The molecule has 2 nitrogen and oxygen atoms in total. The largest absolute Gasteiger partial charge is 0.506 e. The van der Waals surface area contributed by atoms with Crippen LogP contribution < -0.4 is 15.2 Å². The third-order valence-corrected chi connectivity index (χ3v) is 6.92. The molecule has 6 heteroatoms. The van der Waals surface area contributed by atoms with Gasteiger partial charge in [0.2, 0.25) is 0 Å². The van der Waals surface area contributed by atoms with Crippen molar-refractivity contribution in [1.29, 1.82) is 0 Å². The molecule has 102 valence electrons. The molecule has 20 heavy (non-hydrogen) atoms. The van der Waals surface area contributed by atoms with Crippen LogP contribution in [0.15, 0.2) is 12.1 Å². The first-order valence-corrected chi connectivity index (χ1v) is 9.79. The monoisotopic (exact) mass is 714 g/mol. The minimum atomic E-state index is 0.275. The van der Waals surface area contributed by atoms with E-state index in [1.54, 1.807) is 0 Å². The summed E-state index contributed by atoms with van der Waals surface area (Å²) in [6.45, 7) is 4.08. The number of hydrogen-bond acceptors (Lipinski definition) is 2. The van der Waals surface area contributed by atoms with Gasteiger partial charge >= 0.3 is 0 Å². The molecule has 0 atom stereocenters. The van der Waals surface area contributed by atoms with E-state index >= 15 is 0 Å². The molecule has 0 aromatic heterocycles. The minimum Gasteiger partial charge on any atom is -0.506 e. The summed E-state index contributed by atoms with van der Waals surface area (Å²) in [6, 6.07) is 4.02. The van der Waals surface area contributed by atoms with Crippen LogP contribution in [-0.4, -0.2) is 5.11 Å². The van der Waals surface area contributed by atoms with E-state index in [-0.39, 0.29) is 5.75 Å². The number of phenolic OH excluding ortho intramolecular Hbond substituents is 1. The fraction of sp³-hybridized carbons (Fsp3) is 0. The molecule has 3 rings (SSSR count). The van der Waals surface area contributed by atoms with Gasteiger partial charge < -0.3 is 9.84 Å². The Morgan fingerprint density at radius 2 is 1.65 bits per heavy atom. The van der Waals surface area contributed by atoms with Gasteiger partial charge in [-0.15, -0.1) is 0 Å². The first kappa shape index (κ1) is 15.6. The van der Waals surface area contributed by atoms with Crippen molar-refractivity contribution in [3.8, 4) is 17.2 Å². The molecule has 1 N–H and O–H groups in total. The lowest BCUT2D eigenvalue weighted by molar-refractivity contribution is 0.440. The topological polar surface area (TPSA) is 29.5 Å². The highest BCUT2D eigenvalue weighted by molar-refractivity contribution is 14.1. The Bertz CT molecular complexity index is 859. The van der Waals surface area contributed by atoms with Crippen molar-refractivity contribution in [3.63, 3.8) is 0 Å². The van der Waals surface area contributed by atoms with Crippen molar-refractivity contribution in [3.05, 3.63) is 42.4 Å². The van der Waals surface area contributed by atoms with Crippen molar-refractivity contribution in [2.24, 2.45) is 0 Å². The van der Waals surface area contributed by atoms with Gasteiger partial charge in [0, 0.05) is 14.4 Å². The van der Waals surface area contributed by atoms with E-state index in [0.717, 1.165) is 41.8 Å². The molecule has 0 unspecified atom stereocenters. The summed E-state index contributed by atoms with van der Waals surface area (Å²) in [4.78, 5) is 0. The van der Waals surface area contributed by atoms with E-state index in [2.05, 4.69) is 109 Å². The fourth-order valence-corrected chi connectivity index (χ4v) is 5.63. The summed E-state index contributed by atoms with van der Waals surface area (Å²) in [5.74, 6) is 1.81. The molecule has 2 aromatic carbocycles. The Morgan fingerprint density at radius 3 is 2.35 bits per heavy atom. The number of fused-ring (bicyclic) bond motifs is 2. The van der Waals surface area contributed by atoms with Gasteiger partial charge in [-0.25, -0.2) is 0 Å². The second kappa shape index (κ2) is 5.72. The zero-order valence-corrected chi connectivity index (χ0v) is 18.4. The number of benzene rings is 2. The van der Waals surface area contributed by atoms with E-state index in [1.165, 1.54) is 0 Å². The fourth-order valence-electron chi connectivity index (χ4n) is 1.96. The third-order valence-electron chi connectivity index (χ3n) is 2.99. The highest BCUT2D eigenvalue weighted by Crippen LogP contribution is 2.41. The molecule has 0 amide bonds. The molecule has 0 saturated heterocycles. The quantitative estimate of drug-likeness (QED) is 0.355. The lowest BCUT2D eigenvalue weighted by atomic mass is 10.1. The van der Waals surface area contributed by atoms with Gasteiger partial charge in [0.15, 0.2) is 5.75 Å². The molecular weight excluding hydrogens is 708 g/mol. The van der Waals surface area contributed by atoms with Crippen LogP contribution in [0.5, 0.6) is 17.2 Å². The third kappa shape index (κ3) is 2.47. The van der Waals surface area contributed by atoms with Crippen LogP contribution in [-0.2, 0) is 0 Å². The van der Waals surface area contributed by atoms with E-state index in [0.29, 0.717) is 0 Å². The molecule has 1 aliphatic rings. The van der Waals surface area contributed by atoms with Gasteiger partial charge in [0.25, 0.3) is 0 Å². The molecule has 0 aliphatic carbocycles. The molecular formula is C14H6I4O2. The van der Waals surface area contributed by atoms with Crippen LogP contribution >= 0.6 is 90.4 Å². The Kier molecular flexibility index (Phi) is 4.46. The number of halogens is 4. The summed E-state index contributed by atoms with van der Waals surface area (Å²) in [5.41, 5.74) is 0.993. The van der Waals surface area contributed by atoms with Crippen molar-refractivity contribution < 1.29 is 9.84 Å². The summed E-state index contributed by atoms with van der Waals surface area (Å²) >= 11 is 8.80. The Labute approximate surface area is 170 Å². The molecule has 1 aliphatic heterocycles. The molecule has 0 spiro atoms. The average Bonchev–Trinajstić information content (AvgIpc) is 2.41. The van der Waals surface area contributed by atoms with Crippen molar-refractivity contribution >= 4 is 103 Å². The Balaban J connectivity index is 2.40.